The van der Waals surface area contributed by atoms with Crippen molar-refractivity contribution in [2.75, 3.05) is 27.9 Å². The third kappa shape index (κ3) is 4.92. The highest BCUT2D eigenvalue weighted by Gasteiger charge is 2.10. The summed E-state index contributed by atoms with van der Waals surface area (Å²) in [6.45, 7) is -0.472. The molecule has 0 saturated heterocycles. The van der Waals surface area contributed by atoms with Crippen molar-refractivity contribution in [1.82, 2.24) is 0 Å². The molecule has 27 heavy (non-hydrogen) atoms. The second-order valence-corrected chi connectivity index (χ2v) is 5.33. The monoisotopic (exact) mass is 369 g/mol. The van der Waals surface area contributed by atoms with E-state index in [9.17, 15) is 10.1 Å². The summed E-state index contributed by atoms with van der Waals surface area (Å²) in [5, 5.41) is 18.3. The normalized spacial score (nSPS) is 10.7. The average molecular weight is 369 g/mol. The van der Waals surface area contributed by atoms with Gasteiger partial charge in [0, 0.05) is 0 Å². The highest BCUT2D eigenvalue weighted by Crippen LogP contribution is 2.32. The van der Waals surface area contributed by atoms with Crippen molar-refractivity contribution in [1.29, 1.82) is 5.26 Å². The second kappa shape index (κ2) is 9.15. The van der Waals surface area contributed by atoms with E-state index in [1.807, 2.05) is 0 Å². The molecule has 0 bridgehead atoms. The van der Waals surface area contributed by atoms with E-state index in [0.717, 1.165) is 0 Å². The lowest BCUT2D eigenvalue weighted by Crippen LogP contribution is -2.10. The van der Waals surface area contributed by atoms with Crippen LogP contribution in [0.25, 0.3) is 11.6 Å². The van der Waals surface area contributed by atoms with E-state index >= 15 is 0 Å². The molecule has 7 nitrogen and oxygen atoms in total. The van der Waals surface area contributed by atoms with Gasteiger partial charge in [0.25, 0.3) is 0 Å². The number of ether oxygens (including phenoxy) is 4. The molecule has 0 aliphatic heterocycles. The van der Waals surface area contributed by atoms with Gasteiger partial charge in [0.15, 0.2) is 29.6 Å². The van der Waals surface area contributed by atoms with Gasteiger partial charge in [-0.1, -0.05) is 6.07 Å². The molecular weight excluding hydrogens is 350 g/mol. The van der Waals surface area contributed by atoms with Gasteiger partial charge in [-0.3, -0.25) is 0 Å². The maximum atomic E-state index is 10.6. The Kier molecular flexibility index (Phi) is 6.67. The topological polar surface area (TPSA) is 98.0 Å². The Morgan fingerprint density at radius 2 is 1.63 bits per heavy atom. The van der Waals surface area contributed by atoms with Crippen LogP contribution in [-0.4, -0.2) is 39.0 Å². The van der Waals surface area contributed by atoms with Crippen molar-refractivity contribution in [2.24, 2.45) is 0 Å². The molecule has 0 aliphatic rings. The predicted octanol–water partition coefficient (Wildman–Crippen LogP) is 3.24. The minimum absolute atomic E-state index is 0.307. The molecule has 140 valence electrons. The van der Waals surface area contributed by atoms with Crippen LogP contribution in [0.4, 0.5) is 0 Å². The number of allylic oxidation sites excluding steroid dienone is 1. The molecule has 0 amide bonds. The minimum Gasteiger partial charge on any atom is -0.493 e. The van der Waals surface area contributed by atoms with Crippen LogP contribution in [0.15, 0.2) is 36.4 Å². The van der Waals surface area contributed by atoms with Crippen LogP contribution < -0.4 is 18.9 Å². The van der Waals surface area contributed by atoms with E-state index in [-0.39, 0.29) is 0 Å². The molecule has 0 aromatic heterocycles. The summed E-state index contributed by atoms with van der Waals surface area (Å²) in [5.41, 5.74) is 1.78. The number of benzene rings is 2. The number of aliphatic carboxylic acids is 1. The molecule has 0 radical (unpaired) electrons. The first-order valence-electron chi connectivity index (χ1n) is 7.89. The fourth-order valence-corrected chi connectivity index (χ4v) is 2.38. The Bertz CT molecular complexity index is 898. The van der Waals surface area contributed by atoms with Crippen molar-refractivity contribution in [2.45, 2.75) is 0 Å². The Morgan fingerprint density at radius 3 is 2.22 bits per heavy atom. The van der Waals surface area contributed by atoms with Gasteiger partial charge in [-0.25, -0.2) is 4.79 Å². The summed E-state index contributed by atoms with van der Waals surface area (Å²) in [6.07, 6.45) is 1.69. The first kappa shape index (κ1) is 19.7. The van der Waals surface area contributed by atoms with Crippen molar-refractivity contribution in [3.63, 3.8) is 0 Å². The maximum Gasteiger partial charge on any atom is 0.341 e. The van der Waals surface area contributed by atoms with Gasteiger partial charge >= 0.3 is 5.97 Å². The van der Waals surface area contributed by atoms with Crippen molar-refractivity contribution in [3.8, 4) is 29.1 Å². The van der Waals surface area contributed by atoms with Gasteiger partial charge in [0.05, 0.1) is 33.0 Å². The minimum atomic E-state index is -1.08. The van der Waals surface area contributed by atoms with E-state index in [0.29, 0.717) is 39.7 Å². The van der Waals surface area contributed by atoms with E-state index in [2.05, 4.69) is 6.07 Å². The predicted molar refractivity (Wildman–Crippen MR) is 99.2 cm³/mol. The van der Waals surface area contributed by atoms with Crippen LogP contribution in [0.1, 0.15) is 11.1 Å². The number of hydrogen-bond donors (Lipinski definition) is 1. The maximum absolute atomic E-state index is 10.6. The zero-order valence-electron chi connectivity index (χ0n) is 15.2. The molecule has 1 N–H and O–H groups in total. The second-order valence-electron chi connectivity index (χ2n) is 5.33. The molecular formula is C20H19NO6. The van der Waals surface area contributed by atoms with E-state index in [1.54, 1.807) is 49.6 Å². The quantitative estimate of drug-likeness (QED) is 0.563. The smallest absolute Gasteiger partial charge is 0.341 e. The van der Waals surface area contributed by atoms with Crippen molar-refractivity contribution >= 4 is 17.6 Å². The van der Waals surface area contributed by atoms with Gasteiger partial charge in [-0.05, 0) is 47.5 Å². The summed E-state index contributed by atoms with van der Waals surface area (Å²) in [5.74, 6) is 0.684. The number of rotatable bonds is 8. The zero-order valence-corrected chi connectivity index (χ0v) is 15.2. The molecule has 0 aliphatic carbocycles. The number of nitriles is 1. The SMILES string of the molecule is COc1ccc(/C(C#N)=C/c2ccc(OCC(=O)O)c(OC)c2)cc1OC. The first-order chi connectivity index (χ1) is 13.0. The number of hydrogen-bond acceptors (Lipinski definition) is 6. The Hall–Kier alpha value is -3.66. The molecule has 2 aromatic carbocycles. The molecule has 0 atom stereocenters. The lowest BCUT2D eigenvalue weighted by atomic mass is 10.0. The number of methoxy groups -OCH3 is 3. The number of carboxylic acid groups (broad SMARTS) is 1. The molecule has 7 heteroatoms. The third-order valence-corrected chi connectivity index (χ3v) is 3.66. The molecule has 0 unspecified atom stereocenters. The van der Waals surface area contributed by atoms with Crippen molar-refractivity contribution in [3.05, 3.63) is 47.5 Å². The number of nitrogens with zero attached hydrogens (tertiary/aromatic N) is 1. The molecule has 0 fully saturated rings. The summed E-state index contributed by atoms with van der Waals surface area (Å²) in [6, 6.07) is 12.3. The van der Waals surface area contributed by atoms with Gasteiger partial charge in [0.1, 0.15) is 0 Å². The van der Waals surface area contributed by atoms with E-state index in [4.69, 9.17) is 24.1 Å². The lowest BCUT2D eigenvalue weighted by molar-refractivity contribution is -0.139. The lowest BCUT2D eigenvalue weighted by Gasteiger charge is -2.11. The molecule has 2 aromatic rings. The Balaban J connectivity index is 2.37. The number of carboxylic acids is 1. The summed E-state index contributed by atoms with van der Waals surface area (Å²) >= 11 is 0. The Labute approximate surface area is 157 Å². The van der Waals surface area contributed by atoms with Crippen molar-refractivity contribution < 1.29 is 28.8 Å². The van der Waals surface area contributed by atoms with Crippen LogP contribution in [-0.2, 0) is 4.79 Å². The van der Waals surface area contributed by atoms with E-state index < -0.39 is 12.6 Å². The standard InChI is InChI=1S/C20H19NO6/c1-24-16-7-5-14(10-19(16)26-3)15(11-21)8-13-4-6-17(18(9-13)25-2)27-12-20(22)23/h4-10H,12H2,1-3H3,(H,22,23)/b15-8+. The van der Waals surface area contributed by atoms with Gasteiger partial charge in [-0.2, -0.15) is 5.26 Å². The van der Waals surface area contributed by atoms with E-state index in [1.165, 1.54) is 14.2 Å². The van der Waals surface area contributed by atoms with Crippen LogP contribution in [0.5, 0.6) is 23.0 Å². The van der Waals surface area contributed by atoms with Gasteiger partial charge < -0.3 is 24.1 Å². The van der Waals surface area contributed by atoms with Crippen LogP contribution >= 0.6 is 0 Å². The largest absolute Gasteiger partial charge is 0.493 e. The fraction of sp³-hybridized carbons (Fsp3) is 0.200. The van der Waals surface area contributed by atoms with Crippen LogP contribution in [0.3, 0.4) is 0 Å². The molecule has 0 heterocycles. The van der Waals surface area contributed by atoms with Gasteiger partial charge in [-0.15, -0.1) is 0 Å². The number of carbonyl (C=O) groups is 1. The van der Waals surface area contributed by atoms with Crippen LogP contribution in [0, 0.1) is 11.3 Å². The summed E-state index contributed by atoms with van der Waals surface area (Å²) < 4.78 is 20.9. The summed E-state index contributed by atoms with van der Waals surface area (Å²) in [4.78, 5) is 10.6. The first-order valence-corrected chi connectivity index (χ1v) is 7.89. The highest BCUT2D eigenvalue weighted by molar-refractivity contribution is 5.90. The third-order valence-electron chi connectivity index (χ3n) is 3.66. The average Bonchev–Trinajstić information content (AvgIpc) is 2.70. The Morgan fingerprint density at radius 1 is 1.00 bits per heavy atom. The fourth-order valence-electron chi connectivity index (χ4n) is 2.38. The van der Waals surface area contributed by atoms with Crippen LogP contribution in [0.2, 0.25) is 0 Å². The van der Waals surface area contributed by atoms with Gasteiger partial charge in [0.2, 0.25) is 0 Å². The molecule has 0 spiro atoms. The molecule has 2 rings (SSSR count). The highest BCUT2D eigenvalue weighted by atomic mass is 16.5. The summed E-state index contributed by atoms with van der Waals surface area (Å²) in [7, 11) is 4.52. The zero-order chi connectivity index (χ0) is 19.8. The molecule has 0 saturated carbocycles.